The number of hydrogen-bond acceptors (Lipinski definition) is 16. The molecule has 372 valence electrons. The molecule has 4 aliphatic heterocycles. The molecule has 6 rings (SSSR count). The molecule has 1 saturated carbocycles. The van der Waals surface area contributed by atoms with Crippen molar-refractivity contribution in [3.05, 3.63) is 41.5 Å². The number of carbonyl (C=O) groups excluding carboxylic acids is 6. The Morgan fingerprint density at radius 3 is 2.19 bits per heavy atom. The first kappa shape index (κ1) is 51.9. The summed E-state index contributed by atoms with van der Waals surface area (Å²) >= 11 is 0. The predicted molar refractivity (Wildman–Crippen MR) is 240 cm³/mol. The van der Waals surface area contributed by atoms with Gasteiger partial charge in [0, 0.05) is 37.2 Å². The molecule has 4 heterocycles. The minimum absolute atomic E-state index is 0.00735. The summed E-state index contributed by atoms with van der Waals surface area (Å²) in [6, 6.07) is 3.28. The number of aliphatic hydroxyl groups is 2. The van der Waals surface area contributed by atoms with Crippen LogP contribution in [0.5, 0.6) is 0 Å². The number of hydrogen-bond donors (Lipinski definition) is 4. The van der Waals surface area contributed by atoms with E-state index in [4.69, 9.17) is 33.3 Å². The Morgan fingerprint density at radius 2 is 1.61 bits per heavy atom. The fourth-order valence-corrected chi connectivity index (χ4v) is 9.73. The highest BCUT2D eigenvalue weighted by Crippen LogP contribution is 2.58. The van der Waals surface area contributed by atoms with Crippen LogP contribution in [0.3, 0.4) is 0 Å². The second-order valence-corrected chi connectivity index (χ2v) is 20.4. The van der Waals surface area contributed by atoms with Crippen LogP contribution in [0.2, 0.25) is 0 Å². The van der Waals surface area contributed by atoms with Crippen LogP contribution >= 0.6 is 0 Å². The summed E-state index contributed by atoms with van der Waals surface area (Å²) in [4.78, 5) is 87.4. The summed E-state index contributed by atoms with van der Waals surface area (Å²) in [5.41, 5.74) is -1.75. The maximum atomic E-state index is 15.2. The van der Waals surface area contributed by atoms with Gasteiger partial charge in [0.25, 0.3) is 0 Å². The number of aliphatic hydroxyl groups excluding tert-OH is 2. The molecule has 4 saturated heterocycles. The highest BCUT2D eigenvalue weighted by Gasteiger charge is 2.76. The number of nitrogens with one attached hydrogen (secondary N) is 2. The van der Waals surface area contributed by atoms with E-state index in [2.05, 4.69) is 24.5 Å². The summed E-state index contributed by atoms with van der Waals surface area (Å²) in [5.74, 6) is -5.10. The van der Waals surface area contributed by atoms with Gasteiger partial charge in [0.15, 0.2) is 11.8 Å². The van der Waals surface area contributed by atoms with Gasteiger partial charge >= 0.3 is 23.9 Å². The third-order valence-electron chi connectivity index (χ3n) is 13.2. The van der Waals surface area contributed by atoms with Crippen molar-refractivity contribution >= 4 is 41.8 Å². The summed E-state index contributed by atoms with van der Waals surface area (Å²) in [5, 5.41) is 28.0. The van der Waals surface area contributed by atoms with E-state index < -0.39 is 119 Å². The molecule has 18 heteroatoms. The van der Waals surface area contributed by atoms with Gasteiger partial charge in [-0.05, 0) is 64.2 Å². The van der Waals surface area contributed by atoms with Crippen molar-refractivity contribution in [2.45, 2.75) is 199 Å². The Morgan fingerprint density at radius 1 is 0.955 bits per heavy atom. The molecule has 1 aliphatic carbocycles. The van der Waals surface area contributed by atoms with Crippen molar-refractivity contribution in [3.8, 4) is 0 Å². The lowest BCUT2D eigenvalue weighted by Gasteiger charge is -2.49. The fourth-order valence-electron chi connectivity index (χ4n) is 9.73. The Balaban J connectivity index is 1.26. The number of hydroxylamine groups is 2. The van der Waals surface area contributed by atoms with Crippen molar-refractivity contribution < 1.29 is 72.2 Å². The average molecular weight is 942 g/mol. The summed E-state index contributed by atoms with van der Waals surface area (Å²) < 4.78 is 35.8. The van der Waals surface area contributed by atoms with Crippen molar-refractivity contribution in [1.82, 2.24) is 15.7 Å². The molecule has 5 fully saturated rings. The van der Waals surface area contributed by atoms with E-state index in [9.17, 15) is 34.2 Å². The summed E-state index contributed by atoms with van der Waals surface area (Å²) in [6.07, 6.45) is 3.31. The number of fused-ring (bicyclic) bond motifs is 4. The van der Waals surface area contributed by atoms with Crippen LogP contribution in [0.25, 0.3) is 6.08 Å². The first-order valence-corrected chi connectivity index (χ1v) is 23.9. The first-order chi connectivity index (χ1) is 31.7. The number of unbranched alkanes of at least 4 members (excludes halogenated alkanes) is 4. The number of carbonyl (C=O) groups is 6. The smallest absolute Gasteiger partial charge is 0.348 e. The van der Waals surface area contributed by atoms with Crippen molar-refractivity contribution in [1.29, 1.82) is 0 Å². The van der Waals surface area contributed by atoms with Crippen molar-refractivity contribution in [2.75, 3.05) is 13.2 Å². The zero-order chi connectivity index (χ0) is 48.9. The second-order valence-electron chi connectivity index (χ2n) is 20.4. The molecule has 2 unspecified atom stereocenters. The number of esters is 4. The first-order valence-electron chi connectivity index (χ1n) is 23.9. The Labute approximate surface area is 393 Å². The number of benzene rings is 1. The third kappa shape index (κ3) is 11.9. The van der Waals surface area contributed by atoms with Gasteiger partial charge in [0.2, 0.25) is 17.9 Å². The molecule has 0 radical (unpaired) electrons. The molecule has 1 aromatic carbocycles. The highest BCUT2D eigenvalue weighted by molar-refractivity contribution is 5.96. The second kappa shape index (κ2) is 21.5. The number of amides is 2. The van der Waals surface area contributed by atoms with Gasteiger partial charge in [-0.3, -0.25) is 24.0 Å². The molecule has 0 spiro atoms. The van der Waals surface area contributed by atoms with Gasteiger partial charge < -0.3 is 49.3 Å². The minimum Gasteiger partial charge on any atom is -0.462 e. The lowest BCUT2D eigenvalue weighted by Crippen LogP contribution is -2.71. The third-order valence-corrected chi connectivity index (χ3v) is 13.2. The largest absolute Gasteiger partial charge is 0.462 e. The van der Waals surface area contributed by atoms with E-state index >= 15 is 4.79 Å². The van der Waals surface area contributed by atoms with E-state index in [1.165, 1.54) is 18.1 Å². The van der Waals surface area contributed by atoms with Gasteiger partial charge in [-0.2, -0.15) is 5.06 Å². The molecule has 2 bridgehead atoms. The van der Waals surface area contributed by atoms with Crippen LogP contribution in [0.15, 0.2) is 30.3 Å². The zero-order valence-corrected chi connectivity index (χ0v) is 40.2. The van der Waals surface area contributed by atoms with E-state index in [0.717, 1.165) is 38.5 Å². The van der Waals surface area contributed by atoms with E-state index in [-0.39, 0.29) is 32.4 Å². The highest BCUT2D eigenvalue weighted by atomic mass is 16.8. The summed E-state index contributed by atoms with van der Waals surface area (Å²) in [7, 11) is 0. The molecule has 5 aliphatic rings. The lowest BCUT2D eigenvalue weighted by atomic mass is 9.62. The van der Waals surface area contributed by atoms with Crippen molar-refractivity contribution in [3.63, 3.8) is 0 Å². The van der Waals surface area contributed by atoms with Crippen molar-refractivity contribution in [2.24, 2.45) is 10.8 Å². The van der Waals surface area contributed by atoms with Gasteiger partial charge in [-0.15, -0.1) is 0 Å². The maximum Gasteiger partial charge on any atom is 0.348 e. The predicted octanol–water partition coefficient (Wildman–Crippen LogP) is 4.10. The van der Waals surface area contributed by atoms with Crippen LogP contribution in [-0.4, -0.2) is 130 Å². The molecule has 10 atom stereocenters. The van der Waals surface area contributed by atoms with Crippen LogP contribution in [0, 0.1) is 10.8 Å². The Kier molecular flexibility index (Phi) is 16.6. The van der Waals surface area contributed by atoms with E-state index in [1.807, 2.05) is 0 Å². The van der Waals surface area contributed by atoms with Crippen LogP contribution in [0.4, 0.5) is 0 Å². The Bertz CT molecular complexity index is 1970. The molecular formula is C49H71N3O15. The van der Waals surface area contributed by atoms with E-state index in [1.54, 1.807) is 65.0 Å². The number of rotatable bonds is 22. The lowest BCUT2D eigenvalue weighted by molar-refractivity contribution is -0.224. The van der Waals surface area contributed by atoms with Crippen LogP contribution in [-0.2, 0) is 68.6 Å². The maximum absolute atomic E-state index is 15.2. The SMILES string of the molecule is CCCCCC1(CCCCC)O[C@@H]2[C@H]3ON(Cc4ccc(C=CC(=O)O[C@H]5C(=O)OCC5(C)C)cc4)[C@H]4C(=O)OC(CC34C(=O)N[C@@H](C(=O)N[C@H](CO)CCC(=O)OC(C)(C)C)[C@H](C)O)[C@@H]2O1. The molecule has 1 aromatic rings. The fraction of sp³-hybridized carbons (Fsp3) is 0.714. The molecule has 67 heavy (non-hydrogen) atoms. The average Bonchev–Trinajstić information content (AvgIpc) is 3.90. The van der Waals surface area contributed by atoms with Crippen LogP contribution in [0.1, 0.15) is 137 Å². The van der Waals surface area contributed by atoms with Gasteiger partial charge in [-0.25, -0.2) is 9.59 Å². The molecule has 2 amide bonds. The minimum atomic E-state index is -1.68. The van der Waals surface area contributed by atoms with E-state index in [0.29, 0.717) is 24.0 Å². The molecule has 0 aromatic heterocycles. The monoisotopic (exact) mass is 941 g/mol. The number of cyclic esters (lactones) is 1. The van der Waals surface area contributed by atoms with Gasteiger partial charge in [0.1, 0.15) is 48.1 Å². The number of nitrogens with zero attached hydrogens (tertiary/aromatic N) is 1. The van der Waals surface area contributed by atoms with Crippen LogP contribution < -0.4 is 10.6 Å². The molecule has 18 nitrogen and oxygen atoms in total. The number of ether oxygens (including phenoxy) is 6. The normalized spacial score (nSPS) is 28.5. The zero-order valence-electron chi connectivity index (χ0n) is 40.2. The standard InChI is InChI=1S/C49H71N3O15/c1-9-11-13-23-48(24-14-12-10-2)65-37-33-25-49(45(60)51-36(29(3)54)42(57)50-32(27-53)20-22-35(56)64-46(4,5)6)39(43(58)62-33)52(67-40(49)38(37)66-48)26-31-17-15-30(16-18-31)19-21-34(55)63-41-44(59)61-28-47(41,7)8/h15-19,21,29,32-33,36-41,53-54H,9-14,20,22-28H2,1-8H3,(H,50,57)(H,51,60)/t29-,32-,33?,36+,37-,38-,39-,40+,41-,49?/m0/s1. The topological polar surface area (TPSA) is 235 Å². The van der Waals surface area contributed by atoms with Gasteiger partial charge in [0.05, 0.1) is 25.3 Å². The molecule has 4 N–H and O–H groups in total. The van der Waals surface area contributed by atoms with Gasteiger partial charge in [-0.1, -0.05) is 77.6 Å². The molecular weight excluding hydrogens is 871 g/mol. The Hall–Kier alpha value is -4.46. The summed E-state index contributed by atoms with van der Waals surface area (Å²) in [6.45, 7) is 13.9. The quantitative estimate of drug-likeness (QED) is 0.0555.